The molecular formula is C19H20N2O3. The second-order valence-electron chi connectivity index (χ2n) is 5.98. The van der Waals surface area contributed by atoms with Gasteiger partial charge in [-0.25, -0.2) is 4.98 Å². The van der Waals surface area contributed by atoms with Crippen molar-refractivity contribution in [1.82, 2.24) is 4.98 Å². The molecule has 5 nitrogen and oxygen atoms in total. The van der Waals surface area contributed by atoms with E-state index in [0.717, 1.165) is 17.5 Å². The molecule has 1 aromatic heterocycles. The first kappa shape index (κ1) is 16.1. The summed E-state index contributed by atoms with van der Waals surface area (Å²) in [5.74, 6) is 0.385. The van der Waals surface area contributed by atoms with Crippen molar-refractivity contribution < 1.29 is 14.3 Å². The van der Waals surface area contributed by atoms with E-state index in [4.69, 9.17) is 4.42 Å². The SMILES string of the molecule is CCCC(=O)Nc1cc(C)c(O)c(-c2nc3cc(C)ccc3o2)c1. The number of nitrogens with one attached hydrogen (secondary N) is 1. The Kier molecular flexibility index (Phi) is 4.25. The van der Waals surface area contributed by atoms with Gasteiger partial charge in [0.05, 0.1) is 5.56 Å². The number of rotatable bonds is 4. The van der Waals surface area contributed by atoms with Gasteiger partial charge in [0.1, 0.15) is 11.3 Å². The van der Waals surface area contributed by atoms with E-state index < -0.39 is 0 Å². The Balaban J connectivity index is 2.04. The van der Waals surface area contributed by atoms with Gasteiger partial charge in [-0.2, -0.15) is 0 Å². The molecule has 0 aliphatic heterocycles. The van der Waals surface area contributed by atoms with E-state index in [1.165, 1.54) is 0 Å². The number of carbonyl (C=O) groups is 1. The third-order valence-electron chi connectivity index (χ3n) is 3.83. The number of aryl methyl sites for hydroxylation is 2. The largest absolute Gasteiger partial charge is 0.507 e. The van der Waals surface area contributed by atoms with Crippen LogP contribution in [0.3, 0.4) is 0 Å². The minimum atomic E-state index is -0.0540. The predicted molar refractivity (Wildman–Crippen MR) is 94.1 cm³/mol. The number of benzene rings is 2. The highest BCUT2D eigenvalue weighted by atomic mass is 16.3. The second-order valence-corrected chi connectivity index (χ2v) is 5.98. The monoisotopic (exact) mass is 324 g/mol. The maximum atomic E-state index is 11.8. The van der Waals surface area contributed by atoms with Crippen LogP contribution in [0.25, 0.3) is 22.6 Å². The molecule has 0 fully saturated rings. The number of carbonyl (C=O) groups excluding carboxylic acids is 1. The fourth-order valence-corrected chi connectivity index (χ4v) is 2.62. The Labute approximate surface area is 140 Å². The molecule has 3 rings (SSSR count). The lowest BCUT2D eigenvalue weighted by Crippen LogP contribution is -2.10. The van der Waals surface area contributed by atoms with E-state index in [-0.39, 0.29) is 11.7 Å². The highest BCUT2D eigenvalue weighted by Gasteiger charge is 2.16. The average Bonchev–Trinajstić information content (AvgIpc) is 2.93. The Bertz CT molecular complexity index is 912. The molecule has 0 radical (unpaired) electrons. The van der Waals surface area contributed by atoms with Crippen LogP contribution in [0, 0.1) is 13.8 Å². The lowest BCUT2D eigenvalue weighted by molar-refractivity contribution is -0.116. The Hall–Kier alpha value is -2.82. The molecule has 0 unspecified atom stereocenters. The fraction of sp³-hybridized carbons (Fsp3) is 0.263. The number of phenolic OH excluding ortho intramolecular Hbond substituents is 1. The van der Waals surface area contributed by atoms with Gasteiger partial charge in [-0.1, -0.05) is 13.0 Å². The zero-order chi connectivity index (χ0) is 17.3. The number of hydrogen-bond acceptors (Lipinski definition) is 4. The van der Waals surface area contributed by atoms with Gasteiger partial charge in [0.2, 0.25) is 11.8 Å². The molecule has 2 N–H and O–H groups in total. The van der Waals surface area contributed by atoms with Gasteiger partial charge in [-0.15, -0.1) is 0 Å². The van der Waals surface area contributed by atoms with E-state index in [9.17, 15) is 9.90 Å². The van der Waals surface area contributed by atoms with E-state index in [1.54, 1.807) is 19.1 Å². The number of amides is 1. The smallest absolute Gasteiger partial charge is 0.231 e. The van der Waals surface area contributed by atoms with Crippen LogP contribution in [-0.4, -0.2) is 16.0 Å². The molecule has 0 saturated carbocycles. The van der Waals surface area contributed by atoms with Gasteiger partial charge >= 0.3 is 0 Å². The summed E-state index contributed by atoms with van der Waals surface area (Å²) in [6, 6.07) is 9.16. The minimum Gasteiger partial charge on any atom is -0.507 e. The lowest BCUT2D eigenvalue weighted by Gasteiger charge is -2.10. The maximum absolute atomic E-state index is 11.8. The third-order valence-corrected chi connectivity index (χ3v) is 3.83. The number of hydrogen-bond donors (Lipinski definition) is 2. The topological polar surface area (TPSA) is 75.4 Å². The first-order chi connectivity index (χ1) is 11.5. The molecular weight excluding hydrogens is 304 g/mol. The first-order valence-corrected chi connectivity index (χ1v) is 7.99. The molecule has 0 atom stereocenters. The molecule has 0 aliphatic rings. The molecule has 2 aromatic carbocycles. The summed E-state index contributed by atoms with van der Waals surface area (Å²) in [6.45, 7) is 5.72. The van der Waals surface area contributed by atoms with Crippen LogP contribution in [0.4, 0.5) is 5.69 Å². The van der Waals surface area contributed by atoms with Crippen molar-refractivity contribution in [3.05, 3.63) is 41.5 Å². The molecule has 124 valence electrons. The minimum absolute atomic E-state index is 0.0540. The van der Waals surface area contributed by atoms with Crippen molar-refractivity contribution in [3.63, 3.8) is 0 Å². The number of oxazole rings is 1. The third kappa shape index (κ3) is 3.11. The Morgan fingerprint density at radius 2 is 2.04 bits per heavy atom. The summed E-state index contributed by atoms with van der Waals surface area (Å²) in [7, 11) is 0. The number of aromatic hydroxyl groups is 1. The quantitative estimate of drug-likeness (QED) is 0.690. The number of anilines is 1. The van der Waals surface area contributed by atoms with Gasteiger partial charge in [0.25, 0.3) is 0 Å². The molecule has 0 spiro atoms. The molecule has 24 heavy (non-hydrogen) atoms. The van der Waals surface area contributed by atoms with Gasteiger partial charge in [0, 0.05) is 12.1 Å². The first-order valence-electron chi connectivity index (χ1n) is 7.99. The molecule has 1 amide bonds. The highest BCUT2D eigenvalue weighted by Crippen LogP contribution is 2.36. The van der Waals surface area contributed by atoms with Crippen molar-refractivity contribution in [2.45, 2.75) is 33.6 Å². The van der Waals surface area contributed by atoms with Crippen molar-refractivity contribution in [1.29, 1.82) is 0 Å². The Morgan fingerprint density at radius 1 is 1.25 bits per heavy atom. The van der Waals surface area contributed by atoms with E-state index in [0.29, 0.717) is 34.7 Å². The maximum Gasteiger partial charge on any atom is 0.231 e. The van der Waals surface area contributed by atoms with Gasteiger partial charge < -0.3 is 14.8 Å². The van der Waals surface area contributed by atoms with Crippen molar-refractivity contribution in [2.24, 2.45) is 0 Å². The molecule has 1 heterocycles. The van der Waals surface area contributed by atoms with Crippen molar-refractivity contribution >= 4 is 22.7 Å². The molecule has 5 heteroatoms. The fourth-order valence-electron chi connectivity index (χ4n) is 2.62. The summed E-state index contributed by atoms with van der Waals surface area (Å²) in [5.41, 5.74) is 4.23. The van der Waals surface area contributed by atoms with Gasteiger partial charge in [0.15, 0.2) is 5.58 Å². The number of phenols is 1. The molecule has 3 aromatic rings. The van der Waals surface area contributed by atoms with E-state index in [2.05, 4.69) is 10.3 Å². The number of nitrogens with zero attached hydrogens (tertiary/aromatic N) is 1. The van der Waals surface area contributed by atoms with Gasteiger partial charge in [-0.05, 0) is 55.7 Å². The zero-order valence-corrected chi connectivity index (χ0v) is 14.0. The van der Waals surface area contributed by atoms with Crippen LogP contribution < -0.4 is 5.32 Å². The lowest BCUT2D eigenvalue weighted by atomic mass is 10.1. The number of aromatic nitrogens is 1. The highest BCUT2D eigenvalue weighted by molar-refractivity contribution is 5.92. The molecule has 0 bridgehead atoms. The van der Waals surface area contributed by atoms with Crippen molar-refractivity contribution in [3.8, 4) is 17.2 Å². The van der Waals surface area contributed by atoms with E-state index >= 15 is 0 Å². The van der Waals surface area contributed by atoms with Crippen LogP contribution in [0.1, 0.15) is 30.9 Å². The van der Waals surface area contributed by atoms with E-state index in [1.807, 2.05) is 32.0 Å². The summed E-state index contributed by atoms with van der Waals surface area (Å²) in [4.78, 5) is 16.3. The van der Waals surface area contributed by atoms with Crippen LogP contribution in [0.2, 0.25) is 0 Å². The Morgan fingerprint density at radius 3 is 2.79 bits per heavy atom. The predicted octanol–water partition coefficient (Wildman–Crippen LogP) is 4.56. The summed E-state index contributed by atoms with van der Waals surface area (Å²) in [5, 5.41) is 13.2. The summed E-state index contributed by atoms with van der Waals surface area (Å²) >= 11 is 0. The summed E-state index contributed by atoms with van der Waals surface area (Å²) in [6.07, 6.45) is 1.23. The average molecular weight is 324 g/mol. The zero-order valence-electron chi connectivity index (χ0n) is 14.0. The van der Waals surface area contributed by atoms with Crippen LogP contribution >= 0.6 is 0 Å². The van der Waals surface area contributed by atoms with Crippen molar-refractivity contribution in [2.75, 3.05) is 5.32 Å². The second kappa shape index (κ2) is 6.35. The molecule has 0 aliphatic carbocycles. The van der Waals surface area contributed by atoms with Gasteiger partial charge in [-0.3, -0.25) is 4.79 Å². The molecule has 0 saturated heterocycles. The van der Waals surface area contributed by atoms with Crippen LogP contribution in [0.5, 0.6) is 5.75 Å². The normalized spacial score (nSPS) is 11.0. The number of fused-ring (bicyclic) bond motifs is 1. The van der Waals surface area contributed by atoms with Crippen LogP contribution in [0.15, 0.2) is 34.7 Å². The van der Waals surface area contributed by atoms with Crippen LogP contribution in [-0.2, 0) is 4.79 Å². The standard InChI is InChI=1S/C19H20N2O3/c1-4-5-17(22)20-13-9-12(3)18(23)14(10-13)19-21-15-8-11(2)6-7-16(15)24-19/h6-10,23H,4-5H2,1-3H3,(H,20,22). The summed E-state index contributed by atoms with van der Waals surface area (Å²) < 4.78 is 5.77.